The van der Waals surface area contributed by atoms with E-state index in [2.05, 4.69) is 16.8 Å². The molecule has 3 heterocycles. The minimum Gasteiger partial charge on any atom is -0.507 e. The number of fused-ring (bicyclic) bond motifs is 1. The molecule has 2 atom stereocenters. The Bertz CT molecular complexity index is 1750. The van der Waals surface area contributed by atoms with Crippen LogP contribution in [0.15, 0.2) is 89.3 Å². The van der Waals surface area contributed by atoms with Crippen LogP contribution in [0.3, 0.4) is 0 Å². The number of aromatic nitrogens is 2. The summed E-state index contributed by atoms with van der Waals surface area (Å²) in [5.74, 6) is -0.508. The lowest BCUT2D eigenvalue weighted by Gasteiger charge is -2.23. The number of rotatable bonds is 9. The van der Waals surface area contributed by atoms with Crippen LogP contribution >= 0.6 is 23.1 Å². The summed E-state index contributed by atoms with van der Waals surface area (Å²) in [5, 5.41) is 20.3. The number of ketones is 1. The Morgan fingerprint density at radius 1 is 1.19 bits per heavy atom. The van der Waals surface area contributed by atoms with Gasteiger partial charge in [-0.15, -0.1) is 10.2 Å². The summed E-state index contributed by atoms with van der Waals surface area (Å²) in [6, 6.07) is 17.4. The van der Waals surface area contributed by atoms with E-state index in [-0.39, 0.29) is 35.0 Å². The van der Waals surface area contributed by atoms with E-state index in [1.54, 1.807) is 60.7 Å². The van der Waals surface area contributed by atoms with Crippen LogP contribution in [-0.2, 0) is 21.8 Å². The average molecular weight is 616 g/mol. The third kappa shape index (κ3) is 5.78. The molecule has 1 N–H and O–H groups in total. The van der Waals surface area contributed by atoms with E-state index < -0.39 is 17.7 Å². The van der Waals surface area contributed by atoms with Gasteiger partial charge in [-0.3, -0.25) is 14.5 Å². The number of aliphatic hydroxyl groups is 1. The molecule has 1 fully saturated rings. The number of amides is 1. The molecule has 8 nitrogen and oxygen atoms in total. The molecule has 0 unspecified atom stereocenters. The maximum atomic E-state index is 13.6. The van der Waals surface area contributed by atoms with Gasteiger partial charge in [0.15, 0.2) is 4.34 Å². The number of anilines is 1. The molecule has 0 spiro atoms. The normalized spacial score (nSPS) is 18.9. The number of Topliss-reactive ketones (excluding diaryl/α,β-unsaturated/α-hetero) is 1. The largest absolute Gasteiger partial charge is 0.507 e. The smallest absolute Gasteiger partial charge is 0.301 e. The second kappa shape index (κ2) is 12.0. The van der Waals surface area contributed by atoms with Gasteiger partial charge in [0.1, 0.15) is 35.8 Å². The molecule has 1 aromatic heterocycles. The van der Waals surface area contributed by atoms with Crippen molar-refractivity contribution in [2.24, 2.45) is 0 Å². The number of halogens is 1. The Kier molecular flexibility index (Phi) is 8.00. The van der Waals surface area contributed by atoms with Gasteiger partial charge in [-0.1, -0.05) is 60.0 Å². The predicted octanol–water partition coefficient (Wildman–Crippen LogP) is 6.48. The highest BCUT2D eigenvalue weighted by Crippen LogP contribution is 2.45. The molecule has 6 rings (SSSR count). The van der Waals surface area contributed by atoms with E-state index in [4.69, 9.17) is 9.47 Å². The van der Waals surface area contributed by atoms with Crippen molar-refractivity contribution >= 4 is 45.7 Å². The molecule has 1 saturated heterocycles. The third-order valence-electron chi connectivity index (χ3n) is 7.03. The highest BCUT2D eigenvalue weighted by atomic mass is 32.2. The molecule has 0 radical (unpaired) electrons. The van der Waals surface area contributed by atoms with Gasteiger partial charge in [-0.05, 0) is 66.1 Å². The Labute approximate surface area is 255 Å². The number of carbonyl (C=O) groups excluding carboxylic acids is 2. The van der Waals surface area contributed by atoms with Gasteiger partial charge in [0.25, 0.3) is 5.78 Å². The number of thioether (sulfide) groups is 1. The lowest BCUT2D eigenvalue weighted by Crippen LogP contribution is -2.29. The van der Waals surface area contributed by atoms with E-state index in [9.17, 15) is 19.1 Å². The fourth-order valence-corrected chi connectivity index (χ4v) is 6.91. The van der Waals surface area contributed by atoms with Gasteiger partial charge in [0.05, 0.1) is 11.6 Å². The van der Waals surface area contributed by atoms with Gasteiger partial charge in [0, 0.05) is 17.7 Å². The van der Waals surface area contributed by atoms with E-state index in [1.165, 1.54) is 28.8 Å². The maximum Gasteiger partial charge on any atom is 0.301 e. The second-order valence-electron chi connectivity index (χ2n) is 10.1. The summed E-state index contributed by atoms with van der Waals surface area (Å²) in [6.07, 6.45) is 2.28. The van der Waals surface area contributed by atoms with Crippen molar-refractivity contribution in [1.29, 1.82) is 0 Å². The maximum absolute atomic E-state index is 13.6. The summed E-state index contributed by atoms with van der Waals surface area (Å²) >= 11 is 2.54. The highest BCUT2D eigenvalue weighted by Gasteiger charge is 2.48. The van der Waals surface area contributed by atoms with Gasteiger partial charge < -0.3 is 14.6 Å². The number of carbonyl (C=O) groups is 2. The van der Waals surface area contributed by atoms with Crippen molar-refractivity contribution < 1.29 is 28.6 Å². The fourth-order valence-electron chi connectivity index (χ4n) is 5.08. The topological polar surface area (TPSA) is 102 Å². The zero-order valence-electron chi connectivity index (χ0n) is 23.0. The minimum atomic E-state index is -0.987. The summed E-state index contributed by atoms with van der Waals surface area (Å²) in [7, 11) is 0. The Morgan fingerprint density at radius 3 is 2.79 bits per heavy atom. The Morgan fingerprint density at radius 2 is 2.00 bits per heavy atom. The number of hydrogen-bond acceptors (Lipinski definition) is 9. The number of nitrogens with zero attached hydrogens (tertiary/aromatic N) is 3. The minimum absolute atomic E-state index is 0.00353. The molecule has 218 valence electrons. The number of hydrogen-bond donors (Lipinski definition) is 1. The van der Waals surface area contributed by atoms with Crippen molar-refractivity contribution in [2.45, 2.75) is 35.6 Å². The SMILES string of the molecule is C=CCOc1cccc([C@H]2C(=C(O)c3ccc4c(c3)C[C@@H](C)O4)C(=O)C(=O)N2c2nnc(SCc3ccc(F)cc3)s2)c1. The second-order valence-corrected chi connectivity index (χ2v) is 12.2. The molecule has 2 aliphatic rings. The van der Waals surface area contributed by atoms with Crippen molar-refractivity contribution in [3.05, 3.63) is 113 Å². The zero-order valence-corrected chi connectivity index (χ0v) is 24.7. The molecule has 11 heteroatoms. The predicted molar refractivity (Wildman–Crippen MR) is 163 cm³/mol. The molecule has 3 aromatic carbocycles. The lowest BCUT2D eigenvalue weighted by molar-refractivity contribution is -0.132. The van der Waals surface area contributed by atoms with Gasteiger partial charge in [0.2, 0.25) is 5.13 Å². The molecule has 2 aliphatic heterocycles. The van der Waals surface area contributed by atoms with Crippen molar-refractivity contribution in [3.8, 4) is 11.5 Å². The average Bonchev–Trinajstić information content (AvgIpc) is 3.70. The van der Waals surface area contributed by atoms with Crippen LogP contribution in [0.1, 0.15) is 35.2 Å². The van der Waals surface area contributed by atoms with Crippen LogP contribution in [-0.4, -0.2) is 39.7 Å². The quantitative estimate of drug-likeness (QED) is 0.0570. The molecule has 0 saturated carbocycles. The first-order valence-electron chi connectivity index (χ1n) is 13.5. The lowest BCUT2D eigenvalue weighted by atomic mass is 9.94. The van der Waals surface area contributed by atoms with Crippen LogP contribution in [0.2, 0.25) is 0 Å². The molecule has 0 aliphatic carbocycles. The Balaban J connectivity index is 1.39. The van der Waals surface area contributed by atoms with Gasteiger partial charge in [-0.2, -0.15) is 0 Å². The van der Waals surface area contributed by atoms with Crippen LogP contribution in [0.5, 0.6) is 11.5 Å². The van der Waals surface area contributed by atoms with Crippen molar-refractivity contribution in [1.82, 2.24) is 10.2 Å². The molecule has 0 bridgehead atoms. The van der Waals surface area contributed by atoms with Crippen LogP contribution in [0.25, 0.3) is 5.76 Å². The van der Waals surface area contributed by atoms with Crippen molar-refractivity contribution in [3.63, 3.8) is 0 Å². The zero-order chi connectivity index (χ0) is 30.1. The molecular formula is C32H26FN3O5S2. The van der Waals surface area contributed by atoms with Gasteiger partial charge in [-0.25, -0.2) is 4.39 Å². The number of benzene rings is 3. The molecular weight excluding hydrogens is 590 g/mol. The summed E-state index contributed by atoms with van der Waals surface area (Å²) in [4.78, 5) is 28.5. The van der Waals surface area contributed by atoms with E-state index in [1.807, 2.05) is 6.92 Å². The molecule has 4 aromatic rings. The highest BCUT2D eigenvalue weighted by molar-refractivity contribution is 8.00. The third-order valence-corrected chi connectivity index (χ3v) is 9.16. The van der Waals surface area contributed by atoms with E-state index >= 15 is 0 Å². The van der Waals surface area contributed by atoms with Gasteiger partial charge >= 0.3 is 5.91 Å². The number of ether oxygens (including phenoxy) is 2. The molecule has 43 heavy (non-hydrogen) atoms. The molecule has 1 amide bonds. The first-order chi connectivity index (χ1) is 20.8. The van der Waals surface area contributed by atoms with Crippen LogP contribution in [0.4, 0.5) is 9.52 Å². The van der Waals surface area contributed by atoms with Crippen LogP contribution in [0, 0.1) is 5.82 Å². The number of aliphatic hydroxyl groups excluding tert-OH is 1. The summed E-state index contributed by atoms with van der Waals surface area (Å²) < 4.78 is 25.4. The first-order valence-corrected chi connectivity index (χ1v) is 15.3. The standard InChI is InChI=1S/C32H26FN3O5S2/c1-3-13-40-24-6-4-5-20(16-24)27-26(28(37)21-9-12-25-22(15-21)14-18(2)41-25)29(38)30(39)36(27)31-34-35-32(43-31)42-17-19-7-10-23(33)11-8-19/h3-12,15-16,18,27,37H,1,13-14,17H2,2H3/t18-,27+/m1/s1. The Hall–Kier alpha value is -4.48. The first kappa shape index (κ1) is 28.6. The summed E-state index contributed by atoms with van der Waals surface area (Å²) in [6.45, 7) is 5.91. The van der Waals surface area contributed by atoms with E-state index in [0.29, 0.717) is 33.4 Å². The monoisotopic (exact) mass is 615 g/mol. The summed E-state index contributed by atoms with van der Waals surface area (Å²) in [5.41, 5.74) is 2.71. The van der Waals surface area contributed by atoms with Crippen LogP contribution < -0.4 is 14.4 Å². The van der Waals surface area contributed by atoms with E-state index in [0.717, 1.165) is 28.2 Å². The van der Waals surface area contributed by atoms with Crippen molar-refractivity contribution in [2.75, 3.05) is 11.5 Å². The fraction of sp³-hybridized carbons (Fsp3) is 0.188.